The number of hydrogen-bond acceptors (Lipinski definition) is 5. The number of fused-ring (bicyclic) bond motifs is 1. The summed E-state index contributed by atoms with van der Waals surface area (Å²) in [5.74, 6) is 0.668. The van der Waals surface area contributed by atoms with Crippen molar-refractivity contribution >= 4 is 23.6 Å². The highest BCUT2D eigenvalue weighted by atomic mass is 16.5. The fraction of sp³-hybridized carbons (Fsp3) is 0.250. The van der Waals surface area contributed by atoms with Crippen molar-refractivity contribution in [2.45, 2.75) is 19.3 Å². The third-order valence-electron chi connectivity index (χ3n) is 5.70. The van der Waals surface area contributed by atoms with Crippen LogP contribution in [0.1, 0.15) is 33.6 Å². The van der Waals surface area contributed by atoms with Crippen LogP contribution in [0.25, 0.3) is 6.08 Å². The van der Waals surface area contributed by atoms with Crippen LogP contribution in [0.4, 0.5) is 5.69 Å². The molecule has 0 unspecified atom stereocenters. The number of benzene rings is 2. The lowest BCUT2D eigenvalue weighted by atomic mass is 10.1. The average Bonchev–Trinajstić information content (AvgIpc) is 3.31. The number of carbonyl (C=O) groups excluding carboxylic acids is 2. The Labute approximate surface area is 205 Å². The molecule has 1 aliphatic carbocycles. The SMILES string of the molecule is CN(C)CCNC(=O)c1cc(Oc2cccc(/C=C/C(=O)Nc3ccc4c(c3)CCC4)c2)ccn1. The number of amides is 2. The van der Waals surface area contributed by atoms with Crippen LogP contribution in [-0.4, -0.2) is 48.9 Å². The highest BCUT2D eigenvalue weighted by Gasteiger charge is 2.11. The molecular weight excluding hydrogens is 440 g/mol. The Balaban J connectivity index is 1.35. The zero-order valence-corrected chi connectivity index (χ0v) is 20.1. The number of likely N-dealkylation sites (N-methyl/N-ethyl adjacent to an activating group) is 1. The molecule has 1 aromatic heterocycles. The fourth-order valence-corrected chi connectivity index (χ4v) is 3.91. The molecule has 2 aromatic carbocycles. The van der Waals surface area contributed by atoms with Crippen LogP contribution in [0.15, 0.2) is 66.9 Å². The number of pyridine rings is 1. The summed E-state index contributed by atoms with van der Waals surface area (Å²) in [7, 11) is 3.89. The molecule has 3 aromatic rings. The van der Waals surface area contributed by atoms with Crippen LogP contribution in [0.3, 0.4) is 0 Å². The van der Waals surface area contributed by atoms with Gasteiger partial charge in [-0.3, -0.25) is 14.6 Å². The molecule has 0 radical (unpaired) electrons. The van der Waals surface area contributed by atoms with Crippen molar-refractivity contribution in [2.24, 2.45) is 0 Å². The topological polar surface area (TPSA) is 83.6 Å². The van der Waals surface area contributed by atoms with E-state index < -0.39 is 0 Å². The molecule has 1 heterocycles. The second-order valence-electron chi connectivity index (χ2n) is 8.77. The van der Waals surface area contributed by atoms with Gasteiger partial charge in [-0.2, -0.15) is 0 Å². The number of aryl methyl sites for hydroxylation is 2. The van der Waals surface area contributed by atoms with Crippen LogP contribution in [0.2, 0.25) is 0 Å². The molecule has 180 valence electrons. The minimum Gasteiger partial charge on any atom is -0.457 e. The number of carbonyl (C=O) groups is 2. The summed E-state index contributed by atoms with van der Waals surface area (Å²) in [4.78, 5) is 30.9. The minimum absolute atomic E-state index is 0.187. The molecule has 0 atom stereocenters. The summed E-state index contributed by atoms with van der Waals surface area (Å²) >= 11 is 0. The zero-order valence-electron chi connectivity index (χ0n) is 20.1. The lowest BCUT2D eigenvalue weighted by molar-refractivity contribution is -0.111. The van der Waals surface area contributed by atoms with Crippen LogP contribution in [0, 0.1) is 0 Å². The molecule has 0 bridgehead atoms. The predicted octanol–water partition coefficient (Wildman–Crippen LogP) is 4.31. The van der Waals surface area contributed by atoms with E-state index in [1.54, 1.807) is 24.4 Å². The fourth-order valence-electron chi connectivity index (χ4n) is 3.91. The Morgan fingerprint density at radius 3 is 2.71 bits per heavy atom. The number of hydrogen-bond donors (Lipinski definition) is 2. The van der Waals surface area contributed by atoms with Crippen LogP contribution < -0.4 is 15.4 Å². The number of ether oxygens (including phenoxy) is 1. The number of nitrogens with one attached hydrogen (secondary N) is 2. The Hall–Kier alpha value is -3.97. The summed E-state index contributed by atoms with van der Waals surface area (Å²) < 4.78 is 5.93. The van der Waals surface area contributed by atoms with E-state index in [1.165, 1.54) is 23.6 Å². The molecule has 1 aliphatic rings. The van der Waals surface area contributed by atoms with E-state index in [0.717, 1.165) is 30.6 Å². The Bertz CT molecular complexity index is 1240. The van der Waals surface area contributed by atoms with Crippen molar-refractivity contribution in [2.75, 3.05) is 32.5 Å². The van der Waals surface area contributed by atoms with Crippen LogP contribution in [-0.2, 0) is 17.6 Å². The first-order valence-electron chi connectivity index (χ1n) is 11.7. The molecule has 0 fully saturated rings. The van der Waals surface area contributed by atoms with Gasteiger partial charge in [-0.15, -0.1) is 0 Å². The molecule has 4 rings (SSSR count). The van der Waals surface area contributed by atoms with Crippen molar-refractivity contribution in [3.63, 3.8) is 0 Å². The molecule has 0 aliphatic heterocycles. The normalized spacial score (nSPS) is 12.5. The first-order chi connectivity index (χ1) is 17.0. The van der Waals surface area contributed by atoms with E-state index in [2.05, 4.69) is 27.8 Å². The molecule has 0 saturated carbocycles. The molecule has 7 nitrogen and oxygen atoms in total. The molecular formula is C28H30N4O3. The predicted molar refractivity (Wildman–Crippen MR) is 138 cm³/mol. The van der Waals surface area contributed by atoms with Gasteiger partial charge in [0.15, 0.2) is 0 Å². The van der Waals surface area contributed by atoms with Crippen molar-refractivity contribution in [1.29, 1.82) is 0 Å². The van der Waals surface area contributed by atoms with Gasteiger partial charge in [0.05, 0.1) is 0 Å². The Kier molecular flexibility index (Phi) is 7.90. The first-order valence-corrected chi connectivity index (χ1v) is 11.7. The second kappa shape index (κ2) is 11.4. The van der Waals surface area contributed by atoms with E-state index in [1.807, 2.05) is 49.3 Å². The van der Waals surface area contributed by atoms with Gasteiger partial charge in [-0.1, -0.05) is 18.2 Å². The van der Waals surface area contributed by atoms with Gasteiger partial charge in [0.2, 0.25) is 5.91 Å². The smallest absolute Gasteiger partial charge is 0.270 e. The van der Waals surface area contributed by atoms with Gasteiger partial charge in [-0.25, -0.2) is 0 Å². The summed E-state index contributed by atoms with van der Waals surface area (Å²) in [5, 5.41) is 5.77. The van der Waals surface area contributed by atoms with Crippen molar-refractivity contribution in [3.05, 3.63) is 89.3 Å². The quantitative estimate of drug-likeness (QED) is 0.456. The van der Waals surface area contributed by atoms with Crippen molar-refractivity contribution in [3.8, 4) is 11.5 Å². The Morgan fingerprint density at radius 1 is 1.03 bits per heavy atom. The van der Waals surface area contributed by atoms with Gasteiger partial charge < -0.3 is 20.3 Å². The highest BCUT2D eigenvalue weighted by Crippen LogP contribution is 2.25. The maximum atomic E-state index is 12.4. The second-order valence-corrected chi connectivity index (χ2v) is 8.77. The highest BCUT2D eigenvalue weighted by molar-refractivity contribution is 6.02. The van der Waals surface area contributed by atoms with Crippen LogP contribution >= 0.6 is 0 Å². The van der Waals surface area contributed by atoms with Crippen molar-refractivity contribution < 1.29 is 14.3 Å². The van der Waals surface area contributed by atoms with Gasteiger partial charge >= 0.3 is 0 Å². The third-order valence-corrected chi connectivity index (χ3v) is 5.70. The molecule has 2 N–H and O–H groups in total. The monoisotopic (exact) mass is 470 g/mol. The van der Waals surface area contributed by atoms with E-state index in [4.69, 9.17) is 4.74 Å². The summed E-state index contributed by atoms with van der Waals surface area (Å²) in [6.07, 6.45) is 8.16. The standard InChI is InChI=1S/C28H30N4O3/c1-32(2)16-15-30-28(34)26-19-25(13-14-29-26)35-24-8-3-5-20(17-24)9-12-27(33)31-23-11-10-21-6-4-7-22(21)18-23/h3,5,8-14,17-19H,4,6-7,15-16H2,1-2H3,(H,30,34)(H,31,33)/b12-9+. The number of nitrogens with zero attached hydrogens (tertiary/aromatic N) is 2. The van der Waals surface area contributed by atoms with Gasteiger partial charge in [0.1, 0.15) is 17.2 Å². The molecule has 2 amide bonds. The average molecular weight is 471 g/mol. The van der Waals surface area contributed by atoms with E-state index in [9.17, 15) is 9.59 Å². The van der Waals surface area contributed by atoms with Crippen molar-refractivity contribution in [1.82, 2.24) is 15.2 Å². The van der Waals surface area contributed by atoms with Crippen LogP contribution in [0.5, 0.6) is 11.5 Å². The van der Waals surface area contributed by atoms with E-state index in [0.29, 0.717) is 23.7 Å². The summed E-state index contributed by atoms with van der Waals surface area (Å²) in [5.41, 5.74) is 4.63. The maximum absolute atomic E-state index is 12.4. The van der Waals surface area contributed by atoms with Gasteiger partial charge in [-0.05, 0) is 86.5 Å². The van der Waals surface area contributed by atoms with Gasteiger partial charge in [0, 0.05) is 37.1 Å². The lowest BCUT2D eigenvalue weighted by Crippen LogP contribution is -2.31. The maximum Gasteiger partial charge on any atom is 0.270 e. The number of rotatable bonds is 9. The molecule has 35 heavy (non-hydrogen) atoms. The molecule has 0 saturated heterocycles. The zero-order chi connectivity index (χ0) is 24.6. The third kappa shape index (κ3) is 7.01. The summed E-state index contributed by atoms with van der Waals surface area (Å²) in [6.45, 7) is 1.28. The molecule has 0 spiro atoms. The largest absolute Gasteiger partial charge is 0.457 e. The number of anilines is 1. The Morgan fingerprint density at radius 2 is 1.86 bits per heavy atom. The minimum atomic E-state index is -0.247. The first kappa shape index (κ1) is 24.2. The van der Waals surface area contributed by atoms with Gasteiger partial charge in [0.25, 0.3) is 5.91 Å². The molecule has 7 heteroatoms. The lowest BCUT2D eigenvalue weighted by Gasteiger charge is -2.11. The van der Waals surface area contributed by atoms with E-state index >= 15 is 0 Å². The number of aromatic nitrogens is 1. The summed E-state index contributed by atoms with van der Waals surface area (Å²) in [6, 6.07) is 16.8. The van der Waals surface area contributed by atoms with E-state index in [-0.39, 0.29) is 11.8 Å².